The lowest BCUT2D eigenvalue weighted by Gasteiger charge is -2.19. The Labute approximate surface area is 160 Å². The van der Waals surface area contributed by atoms with E-state index in [4.69, 9.17) is 9.47 Å². The molecule has 2 atom stereocenters. The van der Waals surface area contributed by atoms with Gasteiger partial charge in [0.2, 0.25) is 0 Å². The van der Waals surface area contributed by atoms with Gasteiger partial charge in [-0.15, -0.1) is 0 Å². The summed E-state index contributed by atoms with van der Waals surface area (Å²) in [5.74, 6) is 1.33. The molecule has 2 aromatic carbocycles. The van der Waals surface area contributed by atoms with Gasteiger partial charge >= 0.3 is 6.03 Å². The topological polar surface area (TPSA) is 62.8 Å². The van der Waals surface area contributed by atoms with Crippen LogP contribution in [0.4, 0.5) is 10.5 Å². The Morgan fingerprint density at radius 1 is 1.19 bits per heavy atom. The molecule has 2 amide bonds. The second-order valence-electron chi connectivity index (χ2n) is 6.75. The van der Waals surface area contributed by atoms with Crippen LogP contribution in [0.15, 0.2) is 48.5 Å². The summed E-state index contributed by atoms with van der Waals surface area (Å²) in [7, 11) is 1.68. The van der Waals surface area contributed by atoms with E-state index < -0.39 is 0 Å². The first-order chi connectivity index (χ1) is 13.1. The van der Waals surface area contributed by atoms with E-state index in [0.29, 0.717) is 11.4 Å². The van der Waals surface area contributed by atoms with Crippen molar-refractivity contribution in [2.75, 3.05) is 32.1 Å². The fourth-order valence-corrected chi connectivity index (χ4v) is 3.28. The van der Waals surface area contributed by atoms with Gasteiger partial charge in [0.1, 0.15) is 5.75 Å². The average Bonchev–Trinajstić information content (AvgIpc) is 3.05. The lowest BCUT2D eigenvalue weighted by molar-refractivity contribution is 0.0926. The number of benzene rings is 2. The molecule has 6 heteroatoms. The smallest absolute Gasteiger partial charge is 0.319 e. The fourth-order valence-electron chi connectivity index (χ4n) is 3.28. The van der Waals surface area contributed by atoms with Crippen molar-refractivity contribution in [3.8, 4) is 11.5 Å². The molecular formula is C21H27N3O3. The molecule has 0 unspecified atom stereocenters. The summed E-state index contributed by atoms with van der Waals surface area (Å²) in [6.07, 6.45) is -0.00510. The second-order valence-corrected chi connectivity index (χ2v) is 6.75. The highest BCUT2D eigenvalue weighted by molar-refractivity contribution is 5.91. The quantitative estimate of drug-likeness (QED) is 0.816. The summed E-state index contributed by atoms with van der Waals surface area (Å²) < 4.78 is 11.5. The predicted molar refractivity (Wildman–Crippen MR) is 107 cm³/mol. The van der Waals surface area contributed by atoms with Gasteiger partial charge in [0, 0.05) is 20.2 Å². The van der Waals surface area contributed by atoms with Crippen LogP contribution >= 0.6 is 0 Å². The largest absolute Gasteiger partial charge is 0.455 e. The zero-order valence-corrected chi connectivity index (χ0v) is 16.1. The number of nitrogens with one attached hydrogen (secondary N) is 2. The third-order valence-corrected chi connectivity index (χ3v) is 4.76. The van der Waals surface area contributed by atoms with Crippen molar-refractivity contribution in [1.29, 1.82) is 0 Å². The number of amides is 2. The van der Waals surface area contributed by atoms with E-state index in [1.807, 2.05) is 55.5 Å². The van der Waals surface area contributed by atoms with Gasteiger partial charge in [-0.05, 0) is 43.3 Å². The molecule has 1 saturated heterocycles. The number of rotatable bonds is 6. The molecule has 0 aliphatic carbocycles. The minimum Gasteiger partial charge on any atom is -0.455 e. The molecular weight excluding hydrogens is 342 g/mol. The SMILES string of the molecule is CCN1C[C@@H](NC(=O)Nc2ccccc2Oc2cccc(C)c2)[C@H](OC)C1. The lowest BCUT2D eigenvalue weighted by Crippen LogP contribution is -2.45. The molecule has 2 N–H and O–H groups in total. The van der Waals surface area contributed by atoms with Crippen LogP contribution in [0.2, 0.25) is 0 Å². The Bertz CT molecular complexity index is 781. The number of para-hydroxylation sites is 2. The minimum absolute atomic E-state index is 0.00510. The highest BCUT2D eigenvalue weighted by Crippen LogP contribution is 2.29. The van der Waals surface area contributed by atoms with Gasteiger partial charge in [0.15, 0.2) is 5.75 Å². The van der Waals surface area contributed by atoms with E-state index in [0.717, 1.165) is 30.9 Å². The third-order valence-electron chi connectivity index (χ3n) is 4.76. The maximum Gasteiger partial charge on any atom is 0.319 e. The van der Waals surface area contributed by atoms with Crippen LogP contribution in [0.5, 0.6) is 11.5 Å². The van der Waals surface area contributed by atoms with Crippen molar-refractivity contribution in [2.45, 2.75) is 26.0 Å². The number of anilines is 1. The Hall–Kier alpha value is -2.57. The summed E-state index contributed by atoms with van der Waals surface area (Å²) in [4.78, 5) is 14.8. The van der Waals surface area contributed by atoms with E-state index in [9.17, 15) is 4.79 Å². The van der Waals surface area contributed by atoms with Gasteiger partial charge < -0.3 is 20.1 Å². The van der Waals surface area contributed by atoms with Crippen LogP contribution in [-0.4, -0.2) is 49.8 Å². The molecule has 1 fully saturated rings. The van der Waals surface area contributed by atoms with Crippen molar-refractivity contribution >= 4 is 11.7 Å². The van der Waals surface area contributed by atoms with Crippen LogP contribution in [-0.2, 0) is 4.74 Å². The zero-order chi connectivity index (χ0) is 19.2. The first kappa shape index (κ1) is 19.2. The number of likely N-dealkylation sites (N-methyl/N-ethyl adjacent to an activating group) is 1. The molecule has 27 heavy (non-hydrogen) atoms. The average molecular weight is 369 g/mol. The number of ether oxygens (including phenoxy) is 2. The Morgan fingerprint density at radius 3 is 2.74 bits per heavy atom. The van der Waals surface area contributed by atoms with E-state index in [2.05, 4.69) is 22.5 Å². The number of aryl methyl sites for hydroxylation is 1. The maximum absolute atomic E-state index is 12.5. The van der Waals surface area contributed by atoms with Crippen molar-refractivity contribution in [2.24, 2.45) is 0 Å². The summed E-state index contributed by atoms with van der Waals surface area (Å²) in [5.41, 5.74) is 1.74. The van der Waals surface area contributed by atoms with E-state index in [1.165, 1.54) is 0 Å². The van der Waals surface area contributed by atoms with E-state index in [1.54, 1.807) is 7.11 Å². The van der Waals surface area contributed by atoms with E-state index in [-0.39, 0.29) is 18.2 Å². The van der Waals surface area contributed by atoms with Crippen LogP contribution < -0.4 is 15.4 Å². The lowest BCUT2D eigenvalue weighted by atomic mass is 10.2. The maximum atomic E-state index is 12.5. The van der Waals surface area contributed by atoms with Crippen LogP contribution in [0.25, 0.3) is 0 Å². The first-order valence-electron chi connectivity index (χ1n) is 9.25. The summed E-state index contributed by atoms with van der Waals surface area (Å²) in [6, 6.07) is 14.9. The Morgan fingerprint density at radius 2 is 2.00 bits per heavy atom. The van der Waals surface area contributed by atoms with Crippen molar-refractivity contribution < 1.29 is 14.3 Å². The number of carbonyl (C=O) groups excluding carboxylic acids is 1. The Kier molecular flexibility index (Phi) is 6.32. The predicted octanol–water partition coefficient (Wildman–Crippen LogP) is 3.63. The molecule has 144 valence electrons. The van der Waals surface area contributed by atoms with E-state index >= 15 is 0 Å². The fraction of sp³-hybridized carbons (Fsp3) is 0.381. The number of urea groups is 1. The zero-order valence-electron chi connectivity index (χ0n) is 16.1. The van der Waals surface area contributed by atoms with Gasteiger partial charge in [-0.25, -0.2) is 4.79 Å². The molecule has 0 radical (unpaired) electrons. The molecule has 2 aromatic rings. The van der Waals surface area contributed by atoms with Crippen LogP contribution in [0.1, 0.15) is 12.5 Å². The standard InChI is InChI=1S/C21H27N3O3/c1-4-24-13-18(20(14-24)26-3)23-21(25)22-17-10-5-6-11-19(17)27-16-9-7-8-15(2)12-16/h5-12,18,20H,4,13-14H2,1-3H3,(H2,22,23,25)/t18-,20-/m1/s1. The monoisotopic (exact) mass is 369 g/mol. The number of nitrogens with zero attached hydrogens (tertiary/aromatic N) is 1. The number of hydrogen-bond acceptors (Lipinski definition) is 4. The summed E-state index contributed by atoms with van der Waals surface area (Å²) in [6.45, 7) is 6.66. The summed E-state index contributed by atoms with van der Waals surface area (Å²) in [5, 5.41) is 5.92. The normalized spacial score (nSPS) is 19.7. The van der Waals surface area contributed by atoms with Gasteiger partial charge in [0.25, 0.3) is 0 Å². The molecule has 0 bridgehead atoms. The van der Waals surface area contributed by atoms with Crippen molar-refractivity contribution in [3.05, 3.63) is 54.1 Å². The molecule has 6 nitrogen and oxygen atoms in total. The summed E-state index contributed by atoms with van der Waals surface area (Å²) >= 11 is 0. The van der Waals surface area contributed by atoms with Gasteiger partial charge in [-0.1, -0.05) is 31.2 Å². The Balaban J connectivity index is 1.66. The first-order valence-corrected chi connectivity index (χ1v) is 9.25. The number of likely N-dealkylation sites (tertiary alicyclic amines) is 1. The highest BCUT2D eigenvalue weighted by Gasteiger charge is 2.33. The van der Waals surface area contributed by atoms with Gasteiger partial charge in [-0.3, -0.25) is 4.90 Å². The molecule has 1 heterocycles. The number of carbonyl (C=O) groups is 1. The van der Waals surface area contributed by atoms with Gasteiger partial charge in [0.05, 0.1) is 17.8 Å². The molecule has 0 aromatic heterocycles. The molecule has 3 rings (SSSR count). The van der Waals surface area contributed by atoms with Crippen LogP contribution in [0, 0.1) is 6.92 Å². The second kappa shape index (κ2) is 8.88. The van der Waals surface area contributed by atoms with Gasteiger partial charge in [-0.2, -0.15) is 0 Å². The van der Waals surface area contributed by atoms with Crippen molar-refractivity contribution in [3.63, 3.8) is 0 Å². The molecule has 0 spiro atoms. The van der Waals surface area contributed by atoms with Crippen LogP contribution in [0.3, 0.4) is 0 Å². The van der Waals surface area contributed by atoms with Crippen molar-refractivity contribution in [1.82, 2.24) is 10.2 Å². The highest BCUT2D eigenvalue weighted by atomic mass is 16.5. The minimum atomic E-state index is -0.264. The number of hydrogen-bond donors (Lipinski definition) is 2. The molecule has 0 saturated carbocycles. The third kappa shape index (κ3) is 4.99. The number of methoxy groups -OCH3 is 1. The molecule has 1 aliphatic heterocycles. The molecule has 1 aliphatic rings.